The van der Waals surface area contributed by atoms with Crippen molar-refractivity contribution in [2.24, 2.45) is 34.5 Å². The first kappa shape index (κ1) is 25.9. The lowest BCUT2D eigenvalue weighted by molar-refractivity contribution is -0.187. The zero-order valence-electron chi connectivity index (χ0n) is 20.8. The number of aliphatic hydroxyl groups is 2. The lowest BCUT2D eigenvalue weighted by Gasteiger charge is -2.62. The van der Waals surface area contributed by atoms with E-state index in [0.29, 0.717) is 36.2 Å². The van der Waals surface area contributed by atoms with Crippen molar-refractivity contribution in [3.63, 3.8) is 0 Å². The van der Waals surface area contributed by atoms with E-state index in [4.69, 9.17) is 14.6 Å². The molecule has 0 aromatic carbocycles. The van der Waals surface area contributed by atoms with Crippen molar-refractivity contribution in [3.05, 3.63) is 0 Å². The fourth-order valence-corrected chi connectivity index (χ4v) is 9.45. The predicted octanol–water partition coefficient (Wildman–Crippen LogP) is 5.24. The highest BCUT2D eigenvalue weighted by Crippen LogP contribution is 2.67. The van der Waals surface area contributed by atoms with Gasteiger partial charge in [-0.3, -0.25) is 4.79 Å². The van der Waals surface area contributed by atoms with E-state index >= 15 is 0 Å². The van der Waals surface area contributed by atoms with Crippen LogP contribution >= 0.6 is 15.9 Å². The van der Waals surface area contributed by atoms with Crippen LogP contribution in [0.25, 0.3) is 0 Å². The second-order valence-corrected chi connectivity index (χ2v) is 13.1. The van der Waals surface area contributed by atoms with Gasteiger partial charge >= 0.3 is 5.97 Å². The van der Waals surface area contributed by atoms with Gasteiger partial charge < -0.3 is 19.7 Å². The van der Waals surface area contributed by atoms with E-state index in [-0.39, 0.29) is 40.4 Å². The number of carbonyl (C=O) groups excluding carboxylic acids is 1. The van der Waals surface area contributed by atoms with Gasteiger partial charge in [0, 0.05) is 25.0 Å². The summed E-state index contributed by atoms with van der Waals surface area (Å²) in [4.78, 5) is 12.3. The normalized spacial score (nSPS) is 46.8. The Hall–Kier alpha value is -0.170. The van der Waals surface area contributed by atoms with Gasteiger partial charge in [0.1, 0.15) is 6.10 Å². The van der Waals surface area contributed by atoms with Gasteiger partial charge in [-0.1, -0.05) is 36.7 Å². The smallest absolute Gasteiger partial charge is 0.305 e. The van der Waals surface area contributed by atoms with Crippen LogP contribution in [0.2, 0.25) is 0 Å². The summed E-state index contributed by atoms with van der Waals surface area (Å²) in [7, 11) is 0. The Morgan fingerprint density at radius 2 is 1.79 bits per heavy atom. The molecule has 4 saturated carbocycles. The second-order valence-electron chi connectivity index (χ2n) is 11.9. The van der Waals surface area contributed by atoms with Crippen LogP contribution in [-0.2, 0) is 14.3 Å². The largest absolute Gasteiger partial charge is 0.461 e. The van der Waals surface area contributed by atoms with E-state index < -0.39 is 0 Å². The summed E-state index contributed by atoms with van der Waals surface area (Å²) in [6.07, 6.45) is 10.7. The summed E-state index contributed by atoms with van der Waals surface area (Å²) in [6, 6.07) is 0. The maximum atomic E-state index is 12.2. The molecule has 33 heavy (non-hydrogen) atoms. The van der Waals surface area contributed by atoms with Crippen LogP contribution in [-0.4, -0.2) is 52.5 Å². The van der Waals surface area contributed by atoms with E-state index in [0.717, 1.165) is 64.4 Å². The number of esters is 1. The molecular formula is C27H45BrO5. The highest BCUT2D eigenvalue weighted by molar-refractivity contribution is 9.09. The first-order valence-corrected chi connectivity index (χ1v) is 14.4. The van der Waals surface area contributed by atoms with E-state index in [1.807, 2.05) is 6.92 Å². The molecule has 0 aromatic heterocycles. The minimum atomic E-state index is -0.277. The molecule has 10 atom stereocenters. The zero-order valence-corrected chi connectivity index (χ0v) is 22.4. The van der Waals surface area contributed by atoms with Crippen molar-refractivity contribution < 1.29 is 24.5 Å². The van der Waals surface area contributed by atoms with Gasteiger partial charge in [-0.15, -0.1) is 0 Å². The molecule has 0 saturated heterocycles. The molecule has 0 aliphatic heterocycles. The summed E-state index contributed by atoms with van der Waals surface area (Å²) >= 11 is 3.86. The molecule has 5 nitrogen and oxygen atoms in total. The standard InChI is InChI=1S/C27H45BrO5/c1-4-23(31)33-25-21(28)16-20-24-19(9-11-27(20,25)3)26(2)10-8-18(14-17(26)15-22(24)30)32-13-7-5-6-12-29/h17-22,24-25,29-30H,4-16H2,1-3H3/t17?,18-,19?,20?,21+,22-,24?,25-,26-,27-/m0/s1. The van der Waals surface area contributed by atoms with Gasteiger partial charge in [0.15, 0.2) is 0 Å². The predicted molar refractivity (Wildman–Crippen MR) is 132 cm³/mol. The van der Waals surface area contributed by atoms with E-state index in [1.165, 1.54) is 6.42 Å². The first-order chi connectivity index (χ1) is 15.7. The molecule has 4 rings (SSSR count). The Labute approximate surface area is 208 Å². The maximum absolute atomic E-state index is 12.2. The molecule has 2 N–H and O–H groups in total. The Morgan fingerprint density at radius 1 is 1.03 bits per heavy atom. The lowest BCUT2D eigenvalue weighted by Crippen LogP contribution is -2.59. The summed E-state index contributed by atoms with van der Waals surface area (Å²) in [5.74, 6) is 1.63. The molecule has 4 fully saturated rings. The Balaban J connectivity index is 1.44. The number of aliphatic hydroxyl groups excluding tert-OH is 2. The molecule has 0 bridgehead atoms. The average molecular weight is 530 g/mol. The molecule has 0 heterocycles. The number of ether oxygens (including phenoxy) is 2. The van der Waals surface area contributed by atoms with Crippen molar-refractivity contribution in [1.29, 1.82) is 0 Å². The van der Waals surface area contributed by atoms with Crippen LogP contribution in [0.4, 0.5) is 0 Å². The zero-order chi connectivity index (χ0) is 23.8. The molecule has 0 aromatic rings. The molecule has 0 amide bonds. The summed E-state index contributed by atoms with van der Waals surface area (Å²) in [5.41, 5.74) is 0.210. The topological polar surface area (TPSA) is 76.0 Å². The van der Waals surface area contributed by atoms with Gasteiger partial charge in [-0.25, -0.2) is 0 Å². The van der Waals surface area contributed by atoms with Crippen molar-refractivity contribution in [3.8, 4) is 0 Å². The van der Waals surface area contributed by atoms with Crippen LogP contribution in [0, 0.1) is 34.5 Å². The quantitative estimate of drug-likeness (QED) is 0.256. The number of unbranched alkanes of at least 4 members (excludes halogenated alkanes) is 2. The van der Waals surface area contributed by atoms with Crippen LogP contribution in [0.15, 0.2) is 0 Å². The summed E-state index contributed by atoms with van der Waals surface area (Å²) < 4.78 is 12.2. The number of fused-ring (bicyclic) bond motifs is 5. The first-order valence-electron chi connectivity index (χ1n) is 13.5. The second kappa shape index (κ2) is 10.4. The minimum absolute atomic E-state index is 0.0563. The molecule has 4 unspecified atom stereocenters. The van der Waals surface area contributed by atoms with E-state index in [1.54, 1.807) is 0 Å². The monoisotopic (exact) mass is 528 g/mol. The Morgan fingerprint density at radius 3 is 2.52 bits per heavy atom. The molecular weight excluding hydrogens is 484 g/mol. The van der Waals surface area contributed by atoms with Gasteiger partial charge in [-0.2, -0.15) is 0 Å². The number of carbonyl (C=O) groups is 1. The van der Waals surface area contributed by atoms with Crippen LogP contribution in [0.1, 0.15) is 91.4 Å². The van der Waals surface area contributed by atoms with Crippen molar-refractivity contribution in [1.82, 2.24) is 0 Å². The number of rotatable bonds is 8. The van der Waals surface area contributed by atoms with Crippen LogP contribution in [0.5, 0.6) is 0 Å². The maximum Gasteiger partial charge on any atom is 0.305 e. The number of halogens is 1. The molecule has 4 aliphatic rings. The highest BCUT2D eigenvalue weighted by atomic mass is 79.9. The number of hydrogen-bond acceptors (Lipinski definition) is 5. The molecule has 190 valence electrons. The SMILES string of the molecule is CCC(=O)O[C@H]1[C@H](Br)CC2C3C(CC[C@@]21C)[C@@]1(C)CC[C@H](OCCCCCO)CC1C[C@@H]3O. The lowest BCUT2D eigenvalue weighted by atomic mass is 9.44. The van der Waals surface area contributed by atoms with E-state index in [9.17, 15) is 9.90 Å². The minimum Gasteiger partial charge on any atom is -0.461 e. The molecule has 0 radical (unpaired) electrons. The third-order valence-corrected chi connectivity index (χ3v) is 11.1. The van der Waals surface area contributed by atoms with Crippen LogP contribution < -0.4 is 0 Å². The van der Waals surface area contributed by atoms with Crippen molar-refractivity contribution >= 4 is 21.9 Å². The number of hydrogen-bond donors (Lipinski definition) is 2. The van der Waals surface area contributed by atoms with Gasteiger partial charge in [0.25, 0.3) is 0 Å². The fraction of sp³-hybridized carbons (Fsp3) is 0.963. The molecule has 0 spiro atoms. The van der Waals surface area contributed by atoms with Crippen molar-refractivity contribution in [2.75, 3.05) is 13.2 Å². The van der Waals surface area contributed by atoms with Crippen LogP contribution in [0.3, 0.4) is 0 Å². The fourth-order valence-electron chi connectivity index (χ4n) is 8.34. The van der Waals surface area contributed by atoms with E-state index in [2.05, 4.69) is 29.8 Å². The Bertz CT molecular complexity index is 687. The summed E-state index contributed by atoms with van der Waals surface area (Å²) in [6.45, 7) is 7.72. The highest BCUT2D eigenvalue weighted by Gasteiger charge is 2.65. The van der Waals surface area contributed by atoms with Gasteiger partial charge in [0.05, 0.1) is 17.0 Å². The van der Waals surface area contributed by atoms with Gasteiger partial charge in [0.2, 0.25) is 0 Å². The third-order valence-electron chi connectivity index (χ3n) is 10.2. The number of alkyl halides is 1. The van der Waals surface area contributed by atoms with Crippen molar-refractivity contribution in [2.45, 2.75) is 115 Å². The van der Waals surface area contributed by atoms with Gasteiger partial charge in [-0.05, 0) is 93.3 Å². The molecule has 4 aliphatic carbocycles. The molecule has 6 heteroatoms. The average Bonchev–Trinajstić information content (AvgIpc) is 3.04. The third kappa shape index (κ3) is 4.80. The Kier molecular flexibility index (Phi) is 8.20. The summed E-state index contributed by atoms with van der Waals surface area (Å²) in [5, 5.41) is 20.4.